The van der Waals surface area contributed by atoms with Crippen LogP contribution in [0.1, 0.15) is 34.8 Å². The van der Waals surface area contributed by atoms with Gasteiger partial charge in [-0.1, -0.05) is 53.7 Å². The Morgan fingerprint density at radius 1 is 1.10 bits per heavy atom. The number of carbonyl (C=O) groups excluding carboxylic acids is 1. The van der Waals surface area contributed by atoms with E-state index in [1.165, 1.54) is 54.9 Å². The number of ether oxygens (including phenoxy) is 2. The second kappa shape index (κ2) is 13.2. The number of amides is 1. The van der Waals surface area contributed by atoms with E-state index in [2.05, 4.69) is 20.2 Å². The van der Waals surface area contributed by atoms with Gasteiger partial charge in [-0.05, 0) is 35.9 Å². The fraction of sp³-hybridized carbons (Fsp3) is 0.222. The second-order valence-electron chi connectivity index (χ2n) is 12.1. The molecule has 0 aliphatic carbocycles. The van der Waals surface area contributed by atoms with Crippen LogP contribution in [-0.2, 0) is 7.05 Å². The lowest BCUT2D eigenvalue weighted by atomic mass is 9.83. The SMILES string of the molecule is COc1cc(-c2cn(C)c(=O)c(C(=O)Nc3cccc(Sc4cnc(N5CCC6(CC5)Oc5ccccc5[C@H]6N)cn4)c3Cl)c2O)ccc1O. The summed E-state index contributed by atoms with van der Waals surface area (Å²) in [7, 11) is 2.86. The number of carbonyl (C=O) groups is 1. The third kappa shape index (κ3) is 5.97. The minimum atomic E-state index is -0.847. The van der Waals surface area contributed by atoms with Crippen molar-refractivity contribution in [3.05, 3.63) is 106 Å². The molecule has 1 atom stereocenters. The summed E-state index contributed by atoms with van der Waals surface area (Å²) < 4.78 is 12.7. The molecule has 1 fully saturated rings. The summed E-state index contributed by atoms with van der Waals surface area (Å²) in [6.07, 6.45) is 6.31. The van der Waals surface area contributed by atoms with Gasteiger partial charge in [-0.25, -0.2) is 9.97 Å². The Hall–Kier alpha value is -5.24. The number of nitrogens with two attached hydrogens (primary N) is 1. The van der Waals surface area contributed by atoms with Gasteiger partial charge in [-0.2, -0.15) is 0 Å². The molecule has 0 unspecified atom stereocenters. The maximum atomic E-state index is 13.5. The molecule has 0 bridgehead atoms. The van der Waals surface area contributed by atoms with E-state index < -0.39 is 28.4 Å². The standard InChI is InChI=1S/C36H33ClN6O6S/c1-42-19-22(20-10-11-24(44)26(16-20)48-2)32(45)30(35(42)47)34(46)41-23-7-5-9-27(31(23)37)50-29-18-39-28(17-40-29)43-14-12-36(13-15-43)33(38)21-6-3-4-8-25(21)49-36/h3-11,16-19,33,44-45H,12-15,38H2,1-2H3,(H,41,46)/t33-/m1/s1. The van der Waals surface area contributed by atoms with Crippen molar-refractivity contribution in [3.8, 4) is 34.1 Å². The molecule has 7 rings (SSSR count). The van der Waals surface area contributed by atoms with E-state index >= 15 is 0 Å². The third-order valence-electron chi connectivity index (χ3n) is 9.18. The number of pyridine rings is 1. The first-order valence-corrected chi connectivity index (χ1v) is 17.0. The molecule has 12 nitrogen and oxygen atoms in total. The first-order chi connectivity index (χ1) is 24.1. The van der Waals surface area contributed by atoms with Crippen molar-refractivity contribution in [1.29, 1.82) is 0 Å². The zero-order valence-electron chi connectivity index (χ0n) is 27.1. The van der Waals surface area contributed by atoms with Crippen molar-refractivity contribution < 1.29 is 24.5 Å². The number of aromatic nitrogens is 3. The summed E-state index contributed by atoms with van der Waals surface area (Å²) in [5.41, 5.74) is 6.93. The van der Waals surface area contributed by atoms with Crippen LogP contribution in [0.25, 0.3) is 11.1 Å². The first kappa shape index (κ1) is 33.3. The molecule has 3 aromatic carbocycles. The predicted octanol–water partition coefficient (Wildman–Crippen LogP) is 5.75. The minimum absolute atomic E-state index is 0.0973. The van der Waals surface area contributed by atoms with Crippen LogP contribution < -0.4 is 31.0 Å². The number of hydrogen-bond acceptors (Lipinski definition) is 11. The average molecular weight is 713 g/mol. The van der Waals surface area contributed by atoms with Crippen molar-refractivity contribution >= 4 is 40.8 Å². The number of methoxy groups -OCH3 is 1. The van der Waals surface area contributed by atoms with Crippen LogP contribution in [-0.4, -0.2) is 56.5 Å². The number of rotatable bonds is 7. The zero-order valence-corrected chi connectivity index (χ0v) is 28.7. The fourth-order valence-corrected chi connectivity index (χ4v) is 7.49. The molecule has 1 amide bonds. The highest BCUT2D eigenvalue weighted by atomic mass is 35.5. The Balaban J connectivity index is 1.04. The molecular weight excluding hydrogens is 680 g/mol. The molecule has 1 spiro atoms. The third-order valence-corrected chi connectivity index (χ3v) is 10.7. The Labute approximate surface area is 296 Å². The average Bonchev–Trinajstić information content (AvgIpc) is 3.39. The van der Waals surface area contributed by atoms with Gasteiger partial charge in [0.1, 0.15) is 33.5 Å². The van der Waals surface area contributed by atoms with E-state index in [0.29, 0.717) is 15.5 Å². The summed E-state index contributed by atoms with van der Waals surface area (Å²) in [6, 6.07) is 17.3. The van der Waals surface area contributed by atoms with Crippen LogP contribution in [0.15, 0.2) is 94.0 Å². The highest BCUT2D eigenvalue weighted by Crippen LogP contribution is 2.47. The van der Waals surface area contributed by atoms with Gasteiger partial charge in [-0.3, -0.25) is 9.59 Å². The molecule has 256 valence electrons. The van der Waals surface area contributed by atoms with E-state index in [-0.39, 0.29) is 33.8 Å². The number of benzene rings is 3. The predicted molar refractivity (Wildman–Crippen MR) is 191 cm³/mol. The molecule has 14 heteroatoms. The minimum Gasteiger partial charge on any atom is -0.506 e. The molecule has 2 aliphatic heterocycles. The summed E-state index contributed by atoms with van der Waals surface area (Å²) >= 11 is 8.01. The van der Waals surface area contributed by atoms with Crippen molar-refractivity contribution in [3.63, 3.8) is 0 Å². The molecule has 2 aliphatic rings. The molecule has 0 radical (unpaired) electrons. The number of hydrogen-bond donors (Lipinski definition) is 4. The summed E-state index contributed by atoms with van der Waals surface area (Å²) in [5.74, 6) is 0.302. The van der Waals surface area contributed by atoms with Gasteiger partial charge in [-0.15, -0.1) is 0 Å². The van der Waals surface area contributed by atoms with Crippen molar-refractivity contribution in [1.82, 2.24) is 14.5 Å². The number of phenolic OH excluding ortho intramolecular Hbond substituents is 1. The number of nitrogens with zero attached hydrogens (tertiary/aromatic N) is 4. The summed E-state index contributed by atoms with van der Waals surface area (Å²) in [6.45, 7) is 1.45. The van der Waals surface area contributed by atoms with Crippen LogP contribution in [0.2, 0.25) is 5.02 Å². The Morgan fingerprint density at radius 2 is 1.88 bits per heavy atom. The zero-order chi connectivity index (χ0) is 35.2. The quantitative estimate of drug-likeness (QED) is 0.162. The summed E-state index contributed by atoms with van der Waals surface area (Å²) in [4.78, 5) is 38.6. The Morgan fingerprint density at radius 3 is 2.60 bits per heavy atom. The lowest BCUT2D eigenvalue weighted by Gasteiger charge is -2.41. The number of piperidine rings is 1. The lowest BCUT2D eigenvalue weighted by Crippen LogP contribution is -2.51. The molecule has 0 saturated carbocycles. The summed E-state index contributed by atoms with van der Waals surface area (Å²) in [5, 5.41) is 24.6. The monoisotopic (exact) mass is 712 g/mol. The Bertz CT molecular complexity index is 2170. The van der Waals surface area contributed by atoms with Gasteiger partial charge in [0.2, 0.25) is 0 Å². The van der Waals surface area contributed by atoms with Crippen molar-refractivity contribution in [2.24, 2.45) is 12.8 Å². The molecule has 50 heavy (non-hydrogen) atoms. The van der Waals surface area contributed by atoms with E-state index in [4.69, 9.17) is 26.8 Å². The fourth-order valence-electron chi connectivity index (χ4n) is 6.42. The highest BCUT2D eigenvalue weighted by Gasteiger charge is 2.48. The number of para-hydroxylation sites is 1. The van der Waals surface area contributed by atoms with Gasteiger partial charge < -0.3 is 40.2 Å². The maximum Gasteiger partial charge on any atom is 0.267 e. The molecule has 2 aromatic heterocycles. The number of anilines is 2. The van der Waals surface area contributed by atoms with E-state index in [1.54, 1.807) is 30.6 Å². The van der Waals surface area contributed by atoms with Crippen LogP contribution in [0.3, 0.4) is 0 Å². The topological polar surface area (TPSA) is 165 Å². The van der Waals surface area contributed by atoms with Gasteiger partial charge in [0.25, 0.3) is 11.5 Å². The molecule has 4 heterocycles. The molecule has 5 aromatic rings. The number of nitrogens with one attached hydrogen (secondary N) is 1. The van der Waals surface area contributed by atoms with Gasteiger partial charge >= 0.3 is 0 Å². The first-order valence-electron chi connectivity index (χ1n) is 15.8. The Kier molecular flexibility index (Phi) is 8.80. The molecular formula is C36H33ClN6O6S. The van der Waals surface area contributed by atoms with Crippen LogP contribution in [0, 0.1) is 0 Å². The number of aromatic hydroxyl groups is 2. The highest BCUT2D eigenvalue weighted by molar-refractivity contribution is 7.99. The van der Waals surface area contributed by atoms with Crippen molar-refractivity contribution in [2.75, 3.05) is 30.4 Å². The number of phenols is 1. The normalized spacial score (nSPS) is 16.2. The molecule has 5 N–H and O–H groups in total. The van der Waals surface area contributed by atoms with Crippen molar-refractivity contribution in [2.45, 2.75) is 34.4 Å². The smallest absolute Gasteiger partial charge is 0.267 e. The van der Waals surface area contributed by atoms with Gasteiger partial charge in [0, 0.05) is 55.2 Å². The second-order valence-corrected chi connectivity index (χ2v) is 13.6. The number of halogens is 1. The van der Waals surface area contributed by atoms with Gasteiger partial charge in [0.05, 0.1) is 36.3 Å². The van der Waals surface area contributed by atoms with E-state index in [9.17, 15) is 19.8 Å². The number of fused-ring (bicyclic) bond motifs is 1. The maximum absolute atomic E-state index is 13.5. The number of aryl methyl sites for hydroxylation is 1. The van der Waals surface area contributed by atoms with Gasteiger partial charge in [0.15, 0.2) is 11.5 Å². The van der Waals surface area contributed by atoms with Crippen LogP contribution in [0.4, 0.5) is 11.5 Å². The lowest BCUT2D eigenvalue weighted by molar-refractivity contribution is 0.0431. The van der Waals surface area contributed by atoms with E-state index in [0.717, 1.165) is 43.1 Å². The van der Waals surface area contributed by atoms with Crippen LogP contribution in [0.5, 0.6) is 23.0 Å². The van der Waals surface area contributed by atoms with Crippen LogP contribution >= 0.6 is 23.4 Å². The van der Waals surface area contributed by atoms with E-state index in [1.807, 2.05) is 24.3 Å². The molecule has 1 saturated heterocycles. The largest absolute Gasteiger partial charge is 0.506 e.